The zero-order valence-electron chi connectivity index (χ0n) is 8.89. The van der Waals surface area contributed by atoms with E-state index in [1.54, 1.807) is 0 Å². The molecule has 0 spiro atoms. The second-order valence-corrected chi connectivity index (χ2v) is 4.89. The molecule has 0 saturated heterocycles. The maximum atomic E-state index is 3.71. The molecule has 0 amide bonds. The molecule has 1 nitrogen and oxygen atoms in total. The maximum Gasteiger partial charge on any atom is 0.00927 e. The fourth-order valence-electron chi connectivity index (χ4n) is 2.23. The van der Waals surface area contributed by atoms with Gasteiger partial charge in [0.05, 0.1) is 0 Å². The maximum absolute atomic E-state index is 3.71. The molecular formula is C12H23N. The van der Waals surface area contributed by atoms with Crippen LogP contribution in [0.5, 0.6) is 0 Å². The summed E-state index contributed by atoms with van der Waals surface area (Å²) in [7, 11) is 0. The lowest BCUT2D eigenvalue weighted by molar-refractivity contribution is 0.439. The Hall–Kier alpha value is -0.0400. The molecule has 2 fully saturated rings. The first-order chi connectivity index (χ1) is 6.40. The highest BCUT2D eigenvalue weighted by molar-refractivity contribution is 4.85. The van der Waals surface area contributed by atoms with Gasteiger partial charge >= 0.3 is 0 Å². The Morgan fingerprint density at radius 3 is 2.54 bits per heavy atom. The van der Waals surface area contributed by atoms with Gasteiger partial charge in [0.25, 0.3) is 0 Å². The smallest absolute Gasteiger partial charge is 0.00927 e. The summed E-state index contributed by atoms with van der Waals surface area (Å²) < 4.78 is 0. The molecule has 0 aromatic carbocycles. The number of hydrogen-bond acceptors (Lipinski definition) is 1. The highest BCUT2D eigenvalue weighted by Gasteiger charge is 2.29. The molecule has 0 aromatic heterocycles. The average molecular weight is 181 g/mol. The predicted molar refractivity (Wildman–Crippen MR) is 56.8 cm³/mol. The Morgan fingerprint density at radius 2 is 2.00 bits per heavy atom. The van der Waals surface area contributed by atoms with Crippen molar-refractivity contribution in [3.63, 3.8) is 0 Å². The Bertz CT molecular complexity index is 147. The van der Waals surface area contributed by atoms with Crippen LogP contribution in [0.15, 0.2) is 0 Å². The molecule has 0 aromatic rings. The molecule has 0 bridgehead atoms. The van der Waals surface area contributed by atoms with Gasteiger partial charge in [0, 0.05) is 6.04 Å². The monoisotopic (exact) mass is 181 g/mol. The van der Waals surface area contributed by atoms with Gasteiger partial charge in [0.15, 0.2) is 0 Å². The topological polar surface area (TPSA) is 12.0 Å². The van der Waals surface area contributed by atoms with Crippen molar-refractivity contribution in [3.05, 3.63) is 0 Å². The fourth-order valence-corrected chi connectivity index (χ4v) is 2.23. The van der Waals surface area contributed by atoms with Crippen molar-refractivity contribution in [2.45, 2.75) is 57.9 Å². The first-order valence-electron chi connectivity index (χ1n) is 6.13. The first-order valence-corrected chi connectivity index (χ1v) is 6.13. The van der Waals surface area contributed by atoms with Crippen LogP contribution in [0.4, 0.5) is 0 Å². The van der Waals surface area contributed by atoms with Crippen LogP contribution in [0.25, 0.3) is 0 Å². The summed E-state index contributed by atoms with van der Waals surface area (Å²) in [4.78, 5) is 0. The van der Waals surface area contributed by atoms with E-state index >= 15 is 0 Å². The lowest BCUT2D eigenvalue weighted by Gasteiger charge is -2.15. The Morgan fingerprint density at radius 1 is 1.23 bits per heavy atom. The first kappa shape index (κ1) is 9.51. The standard InChI is InChI=1S/C12H23N/c1-2-12(11-7-8-11)13-9-3-4-10-5-6-10/h10-13H,2-9H2,1H3. The Balaban J connectivity index is 1.49. The third-order valence-corrected chi connectivity index (χ3v) is 3.52. The van der Waals surface area contributed by atoms with Crippen molar-refractivity contribution in [2.24, 2.45) is 11.8 Å². The summed E-state index contributed by atoms with van der Waals surface area (Å²) in [6, 6.07) is 0.846. The van der Waals surface area contributed by atoms with Gasteiger partial charge in [-0.1, -0.05) is 19.8 Å². The third-order valence-electron chi connectivity index (χ3n) is 3.52. The van der Waals surface area contributed by atoms with E-state index in [0.717, 1.165) is 17.9 Å². The van der Waals surface area contributed by atoms with Crippen molar-refractivity contribution in [3.8, 4) is 0 Å². The van der Waals surface area contributed by atoms with E-state index in [2.05, 4.69) is 12.2 Å². The second-order valence-electron chi connectivity index (χ2n) is 4.89. The van der Waals surface area contributed by atoms with Gasteiger partial charge in [-0.05, 0) is 50.5 Å². The molecule has 0 aliphatic heterocycles. The molecule has 2 aliphatic carbocycles. The van der Waals surface area contributed by atoms with Crippen molar-refractivity contribution >= 4 is 0 Å². The highest BCUT2D eigenvalue weighted by Crippen LogP contribution is 2.35. The van der Waals surface area contributed by atoms with E-state index in [0.29, 0.717) is 0 Å². The van der Waals surface area contributed by atoms with Crippen molar-refractivity contribution in [2.75, 3.05) is 6.54 Å². The van der Waals surface area contributed by atoms with Crippen LogP contribution in [0.2, 0.25) is 0 Å². The van der Waals surface area contributed by atoms with E-state index < -0.39 is 0 Å². The van der Waals surface area contributed by atoms with E-state index in [1.807, 2.05) is 0 Å². The zero-order chi connectivity index (χ0) is 9.10. The second kappa shape index (κ2) is 4.45. The minimum absolute atomic E-state index is 0.846. The minimum Gasteiger partial charge on any atom is -0.314 e. The fraction of sp³-hybridized carbons (Fsp3) is 1.00. The van der Waals surface area contributed by atoms with E-state index in [1.165, 1.54) is 51.5 Å². The summed E-state index contributed by atoms with van der Waals surface area (Å²) in [6.07, 6.45) is 10.2. The molecule has 1 unspecified atom stereocenters. The molecule has 0 heterocycles. The number of nitrogens with one attached hydrogen (secondary N) is 1. The summed E-state index contributed by atoms with van der Waals surface area (Å²) in [5.74, 6) is 2.15. The van der Waals surface area contributed by atoms with Gasteiger partial charge in [0.1, 0.15) is 0 Å². The average Bonchev–Trinajstić information content (AvgIpc) is 2.99. The van der Waals surface area contributed by atoms with Crippen LogP contribution >= 0.6 is 0 Å². The molecule has 2 saturated carbocycles. The van der Waals surface area contributed by atoms with Crippen LogP contribution < -0.4 is 5.32 Å². The Labute approximate surface area is 82.3 Å². The molecule has 1 heteroatoms. The van der Waals surface area contributed by atoms with Crippen LogP contribution in [0.1, 0.15) is 51.9 Å². The van der Waals surface area contributed by atoms with Crippen molar-refractivity contribution < 1.29 is 0 Å². The quantitative estimate of drug-likeness (QED) is 0.595. The van der Waals surface area contributed by atoms with Gasteiger partial charge in [0.2, 0.25) is 0 Å². The summed E-state index contributed by atoms with van der Waals surface area (Å²) >= 11 is 0. The minimum atomic E-state index is 0.846. The van der Waals surface area contributed by atoms with Gasteiger partial charge in [-0.25, -0.2) is 0 Å². The lowest BCUT2D eigenvalue weighted by atomic mass is 10.1. The van der Waals surface area contributed by atoms with Gasteiger partial charge in [-0.15, -0.1) is 0 Å². The zero-order valence-corrected chi connectivity index (χ0v) is 8.89. The van der Waals surface area contributed by atoms with Crippen LogP contribution in [0.3, 0.4) is 0 Å². The van der Waals surface area contributed by atoms with Crippen LogP contribution in [-0.4, -0.2) is 12.6 Å². The molecule has 2 rings (SSSR count). The van der Waals surface area contributed by atoms with Crippen LogP contribution in [-0.2, 0) is 0 Å². The van der Waals surface area contributed by atoms with Gasteiger partial charge in [-0.3, -0.25) is 0 Å². The van der Waals surface area contributed by atoms with E-state index in [9.17, 15) is 0 Å². The van der Waals surface area contributed by atoms with E-state index in [4.69, 9.17) is 0 Å². The largest absolute Gasteiger partial charge is 0.314 e. The van der Waals surface area contributed by atoms with Crippen molar-refractivity contribution in [1.82, 2.24) is 5.32 Å². The lowest BCUT2D eigenvalue weighted by Crippen LogP contribution is -2.31. The summed E-state index contributed by atoms with van der Waals surface area (Å²) in [5.41, 5.74) is 0. The molecular weight excluding hydrogens is 158 g/mol. The Kier molecular flexibility index (Phi) is 3.26. The molecule has 1 atom stereocenters. The predicted octanol–water partition coefficient (Wildman–Crippen LogP) is 2.95. The highest BCUT2D eigenvalue weighted by atomic mass is 14.9. The molecule has 13 heavy (non-hydrogen) atoms. The normalized spacial score (nSPS) is 24.7. The summed E-state index contributed by atoms with van der Waals surface area (Å²) in [6.45, 7) is 3.59. The number of hydrogen-bond donors (Lipinski definition) is 1. The number of rotatable bonds is 7. The SMILES string of the molecule is CCC(NCCCC1CC1)C1CC1. The van der Waals surface area contributed by atoms with Crippen LogP contribution in [0, 0.1) is 11.8 Å². The molecule has 76 valence electrons. The van der Waals surface area contributed by atoms with Crippen molar-refractivity contribution in [1.29, 1.82) is 0 Å². The third kappa shape index (κ3) is 3.30. The van der Waals surface area contributed by atoms with Gasteiger partial charge < -0.3 is 5.32 Å². The summed E-state index contributed by atoms with van der Waals surface area (Å²) in [5, 5.41) is 3.71. The van der Waals surface area contributed by atoms with E-state index in [-0.39, 0.29) is 0 Å². The molecule has 1 N–H and O–H groups in total. The van der Waals surface area contributed by atoms with Gasteiger partial charge in [-0.2, -0.15) is 0 Å². The molecule has 2 aliphatic rings. The molecule has 0 radical (unpaired) electrons.